The fourth-order valence-electron chi connectivity index (χ4n) is 8.93. The highest BCUT2D eigenvalue weighted by Gasteiger charge is 2.60. The van der Waals surface area contributed by atoms with Crippen molar-refractivity contribution in [3.05, 3.63) is 30.6 Å². The van der Waals surface area contributed by atoms with Gasteiger partial charge in [-0.2, -0.15) is 3.89 Å². The van der Waals surface area contributed by atoms with Crippen LogP contribution in [0.2, 0.25) is 0 Å². The van der Waals surface area contributed by atoms with Crippen molar-refractivity contribution >= 4 is 35.8 Å². The highest BCUT2D eigenvalue weighted by atomic mass is 32.2. The summed E-state index contributed by atoms with van der Waals surface area (Å²) in [5.41, 5.74) is -1.52. The third kappa shape index (κ3) is 11.2. The number of halogens is 1. The Hall–Kier alpha value is -3.99. The Kier molecular flexibility index (Phi) is 17.4. The molecule has 3 saturated heterocycles. The number of carbonyl (C=O) groups is 4. The molecule has 0 aliphatic carbocycles. The van der Waals surface area contributed by atoms with Gasteiger partial charge in [-0.25, -0.2) is 9.48 Å². The predicted molar refractivity (Wildman–Crippen MR) is 225 cm³/mol. The number of methoxy groups -OCH3 is 1. The average Bonchev–Trinajstić information content (AvgIpc) is 3.81. The van der Waals surface area contributed by atoms with Crippen LogP contribution in [-0.2, 0) is 44.6 Å². The third-order valence-electron chi connectivity index (χ3n) is 12.2. The molecule has 0 saturated carbocycles. The Morgan fingerprint density at radius 1 is 1.03 bits per heavy atom. The molecule has 1 amide bonds. The number of ether oxygens (including phenoxy) is 5. The summed E-state index contributed by atoms with van der Waals surface area (Å²) < 4.78 is 42.8. The van der Waals surface area contributed by atoms with E-state index in [-0.39, 0.29) is 56.0 Å². The number of aliphatic hydroxyl groups is 1. The fraction of sp³-hybridized carbons (Fsp3) is 0.698. The summed E-state index contributed by atoms with van der Waals surface area (Å²) in [6, 6.07) is 4.29. The summed E-state index contributed by atoms with van der Waals surface area (Å²) in [6.45, 7) is 13.8. The van der Waals surface area contributed by atoms with Crippen molar-refractivity contribution in [1.29, 1.82) is 0 Å². The highest BCUT2D eigenvalue weighted by Crippen LogP contribution is 2.43. The zero-order valence-electron chi connectivity index (χ0n) is 37.4. The van der Waals surface area contributed by atoms with Crippen molar-refractivity contribution in [2.45, 2.75) is 135 Å². The Morgan fingerprint density at radius 3 is 2.31 bits per heavy atom. The lowest BCUT2D eigenvalue weighted by Gasteiger charge is -2.47. The van der Waals surface area contributed by atoms with Crippen LogP contribution >= 0.6 is 12.1 Å². The van der Waals surface area contributed by atoms with Crippen LogP contribution in [0.15, 0.2) is 30.6 Å². The molecule has 0 aromatic carbocycles. The number of hydrogen-bond acceptors (Lipinski definition) is 15. The van der Waals surface area contributed by atoms with Gasteiger partial charge in [0.15, 0.2) is 17.7 Å². The number of likely N-dealkylation sites (N-methyl/N-ethyl adjacent to an activating group) is 1. The van der Waals surface area contributed by atoms with E-state index in [1.54, 1.807) is 58.6 Å². The van der Waals surface area contributed by atoms with E-state index in [0.29, 0.717) is 17.8 Å². The zero-order chi connectivity index (χ0) is 45.4. The van der Waals surface area contributed by atoms with E-state index in [2.05, 4.69) is 27.1 Å². The molecule has 2 aromatic rings. The molecule has 13 atom stereocenters. The number of carbonyl (C=O) groups excluding carboxylic acids is 4. The van der Waals surface area contributed by atoms with E-state index >= 15 is 0 Å². The lowest BCUT2D eigenvalue weighted by molar-refractivity contribution is -0.295. The topological polar surface area (TPSA) is 185 Å². The molecular formula is C43H63FN6O10S. The number of pyridine rings is 1. The number of fused-ring (bicyclic) bond motifs is 1. The number of ketones is 2. The van der Waals surface area contributed by atoms with Crippen molar-refractivity contribution < 1.29 is 51.9 Å². The van der Waals surface area contributed by atoms with Crippen LogP contribution in [0.5, 0.6) is 0 Å². The minimum Gasteiger partial charge on any atom is -0.458 e. The number of Topliss-reactive ketones (excluding diaryl/α,β-unsaturated/α-hetero) is 2. The van der Waals surface area contributed by atoms with Crippen molar-refractivity contribution in [1.82, 2.24) is 29.8 Å². The van der Waals surface area contributed by atoms with Gasteiger partial charge in [-0.05, 0) is 73.2 Å². The molecule has 1 N–H and O–H groups in total. The van der Waals surface area contributed by atoms with Gasteiger partial charge in [-0.3, -0.25) is 24.3 Å². The Balaban J connectivity index is 0.00000265. The molecule has 3 aliphatic heterocycles. The normalized spacial score (nSPS) is 34.9. The number of nitrogens with zero attached hydrogens (tertiary/aromatic N) is 6. The number of rotatable bonds is 8. The molecule has 5 heterocycles. The van der Waals surface area contributed by atoms with Gasteiger partial charge in [0.25, 0.3) is 0 Å². The van der Waals surface area contributed by atoms with Gasteiger partial charge in [0.1, 0.15) is 36.1 Å². The molecule has 61 heavy (non-hydrogen) atoms. The first-order valence-corrected chi connectivity index (χ1v) is 21.8. The Bertz CT molecular complexity index is 1880. The molecular weight excluding hydrogens is 812 g/mol. The summed E-state index contributed by atoms with van der Waals surface area (Å²) in [5, 5.41) is 19.7. The second-order valence-corrected chi connectivity index (χ2v) is 17.1. The molecule has 3 unspecified atom stereocenters. The fourth-order valence-corrected chi connectivity index (χ4v) is 8.93. The number of aliphatic hydroxyl groups excluding tert-OH is 1. The van der Waals surface area contributed by atoms with Gasteiger partial charge in [-0.15, -0.1) is 5.10 Å². The van der Waals surface area contributed by atoms with Crippen molar-refractivity contribution in [2.75, 3.05) is 34.0 Å². The molecule has 338 valence electrons. The van der Waals surface area contributed by atoms with E-state index < -0.39 is 83.4 Å². The number of aromatic nitrogens is 4. The summed E-state index contributed by atoms with van der Waals surface area (Å²) in [7, 11) is 5.20. The van der Waals surface area contributed by atoms with E-state index in [0.717, 1.165) is 0 Å². The molecule has 5 rings (SSSR count). The lowest BCUT2D eigenvalue weighted by atomic mass is 9.73. The smallest absolute Gasteiger partial charge is 0.411 e. The van der Waals surface area contributed by atoms with Gasteiger partial charge < -0.3 is 33.7 Å². The minimum absolute atomic E-state index is 0.0918. The molecule has 0 radical (unpaired) electrons. The zero-order valence-corrected chi connectivity index (χ0v) is 38.2. The minimum atomic E-state index is -1.48. The summed E-state index contributed by atoms with van der Waals surface area (Å²) in [6.07, 6.45) is 0.369. The molecule has 18 heteroatoms. The summed E-state index contributed by atoms with van der Waals surface area (Å²) in [5.74, 6) is 0.822. The number of cyclic esters (lactones) is 1. The molecule has 16 nitrogen and oxygen atoms in total. The largest absolute Gasteiger partial charge is 0.458 e. The van der Waals surface area contributed by atoms with Crippen molar-refractivity contribution in [3.63, 3.8) is 0 Å². The van der Waals surface area contributed by atoms with E-state index in [9.17, 15) is 28.2 Å². The molecule has 3 aliphatic rings. The molecule has 0 bridgehead atoms. The van der Waals surface area contributed by atoms with Gasteiger partial charge in [0.05, 0.1) is 42.3 Å². The van der Waals surface area contributed by atoms with Gasteiger partial charge in [-0.1, -0.05) is 50.8 Å². The molecule has 2 aromatic heterocycles. The Labute approximate surface area is 363 Å². The standard InChI is InChI=1S/C42H60N6O10.CH3FS/c1-12-32-42(8)36(48(40(53)58-42)20-16-15-19-47-23-30(44-45-47)29-17-13-14-18-43-29)26(4)33(49)24(2)22-41(7,54-11)37(27(5)34(50)28(6)38(52)56-32)57-39-35(51)31(46(9)10)21-25(3)55-39;1-3-2/h13-14,17-18,23-28,31-32,35-37,39,51H,12,19-22H2,1-11H3;1H3/t24-,25?,26+,27+,28-,31?,32-,35?,36-,37-,39+,41-,42-;/m1./s1. The number of hydrogen-bond donors (Lipinski definition) is 1. The first kappa shape index (κ1) is 49.7. The summed E-state index contributed by atoms with van der Waals surface area (Å²) in [4.78, 5) is 64.3. The van der Waals surface area contributed by atoms with Crippen LogP contribution in [0.3, 0.4) is 0 Å². The van der Waals surface area contributed by atoms with E-state index in [4.69, 9.17) is 23.7 Å². The molecule has 3 fully saturated rings. The maximum Gasteiger partial charge on any atom is 0.411 e. The number of esters is 1. The lowest BCUT2D eigenvalue weighted by Crippen LogP contribution is -2.60. The van der Waals surface area contributed by atoms with Gasteiger partial charge in [0.2, 0.25) is 0 Å². The van der Waals surface area contributed by atoms with E-state index in [1.807, 2.05) is 44.1 Å². The van der Waals surface area contributed by atoms with Crippen molar-refractivity contribution in [2.24, 2.45) is 23.7 Å². The van der Waals surface area contributed by atoms with Crippen LogP contribution < -0.4 is 0 Å². The second-order valence-electron chi connectivity index (χ2n) is 16.8. The SMILES string of the molecule is CC[C@H]1OC(=O)[C@H](C)C(=O)[C@H](C)[C@@H](O[C@@H]2OC(C)CC(N(C)C)C2O)[C@](C)(OC)C[C@@H](C)C(=O)[C@H](C)[C@H]2N(CC#CCn3cc(-c4ccccn4)nn3)C(=O)O[C@]12C.CSF. The van der Waals surface area contributed by atoms with E-state index in [1.165, 1.54) is 25.2 Å². The van der Waals surface area contributed by atoms with Crippen LogP contribution in [0.25, 0.3) is 11.4 Å². The summed E-state index contributed by atoms with van der Waals surface area (Å²) >= 11 is 0.250. The highest BCUT2D eigenvalue weighted by molar-refractivity contribution is 7.93. The van der Waals surface area contributed by atoms with Gasteiger partial charge >= 0.3 is 12.1 Å². The monoisotopic (exact) mass is 874 g/mol. The average molecular weight is 875 g/mol. The first-order chi connectivity index (χ1) is 28.8. The third-order valence-corrected chi connectivity index (χ3v) is 12.2. The van der Waals surface area contributed by atoms with Crippen LogP contribution in [0.1, 0.15) is 74.7 Å². The molecule has 0 spiro atoms. The number of amides is 1. The Morgan fingerprint density at radius 2 is 1.70 bits per heavy atom. The first-order valence-electron chi connectivity index (χ1n) is 20.7. The van der Waals surface area contributed by atoms with Crippen LogP contribution in [-0.4, -0.2) is 147 Å². The quantitative estimate of drug-likeness (QED) is 0.217. The van der Waals surface area contributed by atoms with Crippen molar-refractivity contribution in [3.8, 4) is 23.2 Å². The maximum absolute atomic E-state index is 14.7. The van der Waals surface area contributed by atoms with Crippen LogP contribution in [0.4, 0.5) is 8.68 Å². The van der Waals surface area contributed by atoms with Gasteiger partial charge in [0, 0.05) is 55.5 Å². The second kappa shape index (κ2) is 21.4. The predicted octanol–water partition coefficient (Wildman–Crippen LogP) is 4.78. The maximum atomic E-state index is 14.7. The van der Waals surface area contributed by atoms with Crippen LogP contribution in [0, 0.1) is 35.5 Å².